The van der Waals surface area contributed by atoms with E-state index in [1.165, 1.54) is 12.7 Å². The van der Waals surface area contributed by atoms with Gasteiger partial charge in [-0.15, -0.1) is 0 Å². The molecule has 1 aromatic rings. The van der Waals surface area contributed by atoms with Gasteiger partial charge in [0.15, 0.2) is 0 Å². The summed E-state index contributed by atoms with van der Waals surface area (Å²) in [7, 11) is 3.05. The Hall–Kier alpha value is -1.39. The Kier molecular flexibility index (Phi) is 5.99. The van der Waals surface area contributed by atoms with Gasteiger partial charge in [0.25, 0.3) is 0 Å². The van der Waals surface area contributed by atoms with Crippen molar-refractivity contribution >= 4 is 5.97 Å². The maximum absolute atomic E-state index is 12.0. The highest BCUT2D eigenvalue weighted by Gasteiger charge is 2.24. The molecule has 1 atom stereocenters. The van der Waals surface area contributed by atoms with Crippen molar-refractivity contribution in [3.63, 3.8) is 0 Å². The average molecular weight is 265 g/mol. The molecule has 0 saturated heterocycles. The first-order valence-electron chi connectivity index (χ1n) is 6.39. The quantitative estimate of drug-likeness (QED) is 0.632. The second-order valence-electron chi connectivity index (χ2n) is 4.72. The predicted molar refractivity (Wildman–Crippen MR) is 75.3 cm³/mol. The molecule has 0 amide bonds. The highest BCUT2D eigenvalue weighted by molar-refractivity contribution is 5.78. The number of benzene rings is 1. The minimum atomic E-state index is -0.444. The first-order chi connectivity index (χ1) is 9.01. The standard InChI is InChI=1S/C15H23NO3/c1-10-8-11(2)13(12(3)9-10)14(15(17)19-5)16-6-7-18-4/h8-9,14,16H,6-7H2,1-5H3. The number of esters is 1. The van der Waals surface area contributed by atoms with Gasteiger partial charge >= 0.3 is 5.97 Å². The highest BCUT2D eigenvalue weighted by atomic mass is 16.5. The van der Waals surface area contributed by atoms with E-state index in [4.69, 9.17) is 9.47 Å². The zero-order valence-electron chi connectivity index (χ0n) is 12.4. The Morgan fingerprint density at radius 1 is 1.21 bits per heavy atom. The van der Waals surface area contributed by atoms with Crippen molar-refractivity contribution in [1.82, 2.24) is 5.32 Å². The van der Waals surface area contributed by atoms with E-state index >= 15 is 0 Å². The van der Waals surface area contributed by atoms with Crippen LogP contribution in [0.3, 0.4) is 0 Å². The summed E-state index contributed by atoms with van der Waals surface area (Å²) in [4.78, 5) is 12.0. The number of methoxy groups -OCH3 is 2. The van der Waals surface area contributed by atoms with Crippen molar-refractivity contribution in [2.24, 2.45) is 0 Å². The number of aryl methyl sites for hydroxylation is 3. The molecule has 1 rings (SSSR count). The molecule has 0 spiro atoms. The lowest BCUT2D eigenvalue weighted by Gasteiger charge is -2.21. The molecule has 0 aliphatic carbocycles. The summed E-state index contributed by atoms with van der Waals surface area (Å²) in [6.45, 7) is 7.24. The van der Waals surface area contributed by atoms with Crippen LogP contribution >= 0.6 is 0 Å². The van der Waals surface area contributed by atoms with E-state index in [-0.39, 0.29) is 5.97 Å². The van der Waals surface area contributed by atoms with Gasteiger partial charge < -0.3 is 9.47 Å². The number of carbonyl (C=O) groups is 1. The molecule has 0 aromatic heterocycles. The van der Waals surface area contributed by atoms with Crippen LogP contribution in [0.25, 0.3) is 0 Å². The summed E-state index contributed by atoms with van der Waals surface area (Å²) in [5.41, 5.74) is 4.38. The van der Waals surface area contributed by atoms with Gasteiger partial charge in [-0.3, -0.25) is 5.32 Å². The van der Waals surface area contributed by atoms with Crippen molar-refractivity contribution in [3.8, 4) is 0 Å². The fourth-order valence-electron chi connectivity index (χ4n) is 2.37. The van der Waals surface area contributed by atoms with Gasteiger partial charge in [-0.1, -0.05) is 17.7 Å². The third-order valence-corrected chi connectivity index (χ3v) is 3.12. The summed E-state index contributed by atoms with van der Waals surface area (Å²) in [5, 5.41) is 3.19. The monoisotopic (exact) mass is 265 g/mol. The average Bonchev–Trinajstić information content (AvgIpc) is 2.35. The predicted octanol–water partition coefficient (Wildman–Crippen LogP) is 2.06. The number of nitrogens with one attached hydrogen (secondary N) is 1. The van der Waals surface area contributed by atoms with Crippen LogP contribution in [-0.2, 0) is 14.3 Å². The molecule has 0 bridgehead atoms. The smallest absolute Gasteiger partial charge is 0.327 e. The van der Waals surface area contributed by atoms with Gasteiger partial charge in [-0.05, 0) is 37.5 Å². The third-order valence-electron chi connectivity index (χ3n) is 3.12. The number of carbonyl (C=O) groups excluding carboxylic acids is 1. The van der Waals surface area contributed by atoms with E-state index in [0.717, 1.165) is 16.7 Å². The molecule has 0 aliphatic rings. The molecule has 1 aromatic carbocycles. The zero-order chi connectivity index (χ0) is 14.4. The second-order valence-corrected chi connectivity index (χ2v) is 4.72. The Morgan fingerprint density at radius 2 is 1.79 bits per heavy atom. The van der Waals surface area contributed by atoms with E-state index in [1.54, 1.807) is 7.11 Å². The lowest BCUT2D eigenvalue weighted by Crippen LogP contribution is -2.33. The van der Waals surface area contributed by atoms with Gasteiger partial charge in [0, 0.05) is 13.7 Å². The molecule has 4 heteroatoms. The third kappa shape index (κ3) is 4.04. The largest absolute Gasteiger partial charge is 0.468 e. The Morgan fingerprint density at radius 3 is 2.26 bits per heavy atom. The molecule has 4 nitrogen and oxygen atoms in total. The molecule has 0 aliphatic heterocycles. The van der Waals surface area contributed by atoms with Crippen LogP contribution in [0, 0.1) is 20.8 Å². The van der Waals surface area contributed by atoms with Crippen LogP contribution in [0.5, 0.6) is 0 Å². The first kappa shape index (κ1) is 15.7. The lowest BCUT2D eigenvalue weighted by molar-refractivity contribution is -0.143. The SMILES string of the molecule is COCCNC(C(=O)OC)c1c(C)cc(C)cc1C. The number of hydrogen-bond acceptors (Lipinski definition) is 4. The van der Waals surface area contributed by atoms with Crippen molar-refractivity contribution in [2.45, 2.75) is 26.8 Å². The Bertz CT molecular complexity index is 420. The molecular weight excluding hydrogens is 242 g/mol. The van der Waals surface area contributed by atoms with Crippen LogP contribution in [0.1, 0.15) is 28.3 Å². The molecule has 0 saturated carbocycles. The molecule has 19 heavy (non-hydrogen) atoms. The van der Waals surface area contributed by atoms with Crippen molar-refractivity contribution in [2.75, 3.05) is 27.4 Å². The number of ether oxygens (including phenoxy) is 2. The zero-order valence-corrected chi connectivity index (χ0v) is 12.4. The molecule has 0 radical (unpaired) electrons. The molecule has 1 unspecified atom stereocenters. The number of hydrogen-bond donors (Lipinski definition) is 1. The van der Waals surface area contributed by atoms with Gasteiger partial charge in [0.2, 0.25) is 0 Å². The highest BCUT2D eigenvalue weighted by Crippen LogP contribution is 2.24. The van der Waals surface area contributed by atoms with Crippen LogP contribution in [0.4, 0.5) is 0 Å². The summed E-state index contributed by atoms with van der Waals surface area (Å²) in [5.74, 6) is -0.272. The molecular formula is C15H23NO3. The Labute approximate surface area is 115 Å². The molecule has 106 valence electrons. The van der Waals surface area contributed by atoms with Gasteiger partial charge in [-0.2, -0.15) is 0 Å². The first-order valence-corrected chi connectivity index (χ1v) is 6.39. The van der Waals surface area contributed by atoms with Gasteiger partial charge in [-0.25, -0.2) is 4.79 Å². The Balaban J connectivity index is 3.06. The van der Waals surface area contributed by atoms with E-state index in [1.807, 2.05) is 13.8 Å². The maximum atomic E-state index is 12.0. The lowest BCUT2D eigenvalue weighted by atomic mass is 9.94. The van der Waals surface area contributed by atoms with Crippen LogP contribution in [0.15, 0.2) is 12.1 Å². The van der Waals surface area contributed by atoms with E-state index in [9.17, 15) is 4.79 Å². The van der Waals surface area contributed by atoms with Gasteiger partial charge in [0.1, 0.15) is 6.04 Å². The normalized spacial score (nSPS) is 12.3. The van der Waals surface area contributed by atoms with Crippen molar-refractivity contribution in [3.05, 3.63) is 34.4 Å². The van der Waals surface area contributed by atoms with Crippen molar-refractivity contribution in [1.29, 1.82) is 0 Å². The summed E-state index contributed by atoms with van der Waals surface area (Å²) in [6.07, 6.45) is 0. The second kappa shape index (κ2) is 7.26. The van der Waals surface area contributed by atoms with E-state index < -0.39 is 6.04 Å². The summed E-state index contributed by atoms with van der Waals surface area (Å²) in [6, 6.07) is 3.72. The van der Waals surface area contributed by atoms with Gasteiger partial charge in [0.05, 0.1) is 13.7 Å². The minimum absolute atomic E-state index is 0.272. The fourth-order valence-corrected chi connectivity index (χ4v) is 2.37. The molecule has 1 N–H and O–H groups in total. The molecule has 0 fully saturated rings. The van der Waals surface area contributed by atoms with E-state index in [2.05, 4.69) is 24.4 Å². The fraction of sp³-hybridized carbons (Fsp3) is 0.533. The van der Waals surface area contributed by atoms with Crippen molar-refractivity contribution < 1.29 is 14.3 Å². The summed E-state index contributed by atoms with van der Waals surface area (Å²) >= 11 is 0. The van der Waals surface area contributed by atoms with E-state index in [0.29, 0.717) is 13.2 Å². The van der Waals surface area contributed by atoms with Crippen LogP contribution < -0.4 is 5.32 Å². The molecule has 0 heterocycles. The minimum Gasteiger partial charge on any atom is -0.468 e. The topological polar surface area (TPSA) is 47.6 Å². The van der Waals surface area contributed by atoms with Crippen LogP contribution in [0.2, 0.25) is 0 Å². The maximum Gasteiger partial charge on any atom is 0.327 e. The summed E-state index contributed by atoms with van der Waals surface area (Å²) < 4.78 is 9.90. The van der Waals surface area contributed by atoms with Crippen LogP contribution in [-0.4, -0.2) is 33.3 Å². The number of rotatable bonds is 6.